The van der Waals surface area contributed by atoms with E-state index in [-0.39, 0.29) is 50.3 Å². The van der Waals surface area contributed by atoms with Crippen molar-refractivity contribution in [2.45, 2.75) is 0 Å². The van der Waals surface area contributed by atoms with E-state index < -0.39 is 131 Å². The van der Waals surface area contributed by atoms with Crippen molar-refractivity contribution in [2.24, 2.45) is 0 Å². The summed E-state index contributed by atoms with van der Waals surface area (Å²) in [5.41, 5.74) is 2.21. The van der Waals surface area contributed by atoms with Crippen LogP contribution in [0.2, 0.25) is 0 Å². The van der Waals surface area contributed by atoms with Gasteiger partial charge >= 0.3 is 0 Å². The average molecular weight is 693 g/mol. The van der Waals surface area contributed by atoms with E-state index in [0.29, 0.717) is 38.5 Å². The van der Waals surface area contributed by atoms with Crippen LogP contribution in [0.3, 0.4) is 0 Å². The first-order valence-electron chi connectivity index (χ1n) is 26.6. The van der Waals surface area contributed by atoms with Gasteiger partial charge in [-0.1, -0.05) is 151 Å². The second-order valence-electron chi connectivity index (χ2n) is 12.6. The normalized spacial score (nSPS) is 17.1. The van der Waals surface area contributed by atoms with Gasteiger partial charge in [-0.25, -0.2) is 0 Å². The van der Waals surface area contributed by atoms with Crippen LogP contribution in [0.25, 0.3) is 110 Å². The molecule has 0 atom stereocenters. The molecular formula is C52H32O. The molecule has 0 radical (unpaired) electrons. The minimum atomic E-state index is -0.771. The third-order valence-corrected chi connectivity index (χ3v) is 9.60. The third-order valence-electron chi connectivity index (χ3n) is 9.60. The van der Waals surface area contributed by atoms with E-state index in [9.17, 15) is 8.22 Å². The fourth-order valence-corrected chi connectivity index (χ4v) is 7.16. The van der Waals surface area contributed by atoms with Crippen molar-refractivity contribution in [1.82, 2.24) is 0 Å². The minimum Gasteiger partial charge on any atom is -0.456 e. The van der Waals surface area contributed by atoms with Crippen molar-refractivity contribution < 1.29 is 31.8 Å². The molecular weight excluding hydrogens is 641 g/mol. The van der Waals surface area contributed by atoms with Crippen molar-refractivity contribution in [3.63, 3.8) is 0 Å². The van der Waals surface area contributed by atoms with Gasteiger partial charge < -0.3 is 4.42 Å². The van der Waals surface area contributed by atoms with Crippen LogP contribution in [0.5, 0.6) is 0 Å². The zero-order valence-electron chi connectivity index (χ0n) is 47.3. The molecule has 10 aromatic carbocycles. The molecule has 0 unspecified atom stereocenters. The first-order chi connectivity index (χ1) is 34.6. The van der Waals surface area contributed by atoms with Gasteiger partial charge in [-0.05, 0) is 130 Å². The first kappa shape index (κ1) is 16.2. The second-order valence-corrected chi connectivity index (χ2v) is 12.6. The summed E-state index contributed by atoms with van der Waals surface area (Å²) in [7, 11) is 0. The molecule has 0 aliphatic heterocycles. The summed E-state index contributed by atoms with van der Waals surface area (Å²) in [6.07, 6.45) is 0. The summed E-state index contributed by atoms with van der Waals surface area (Å²) in [6.45, 7) is 0. The Morgan fingerprint density at radius 3 is 1.45 bits per heavy atom. The lowest BCUT2D eigenvalue weighted by atomic mass is 9.85. The number of furan rings is 1. The molecule has 0 saturated heterocycles. The quantitative estimate of drug-likeness (QED) is 0.167. The van der Waals surface area contributed by atoms with Crippen LogP contribution in [0.4, 0.5) is 0 Å². The smallest absolute Gasteiger partial charge is 0.135 e. The highest BCUT2D eigenvalue weighted by molar-refractivity contribution is 6.22. The van der Waals surface area contributed by atoms with E-state index >= 15 is 0 Å². The van der Waals surface area contributed by atoms with Crippen molar-refractivity contribution in [1.29, 1.82) is 0 Å². The highest BCUT2D eigenvalue weighted by atomic mass is 16.3. The molecule has 1 nitrogen and oxygen atoms in total. The molecule has 0 bridgehead atoms. The number of fused-ring (bicyclic) bond motifs is 7. The van der Waals surface area contributed by atoms with Crippen LogP contribution >= 0.6 is 0 Å². The van der Waals surface area contributed by atoms with Gasteiger partial charge in [0.05, 0.1) is 27.4 Å². The first-order valence-corrected chi connectivity index (χ1v) is 16.6. The highest BCUT2D eigenvalue weighted by Gasteiger charge is 2.17. The molecule has 1 aromatic heterocycles. The topological polar surface area (TPSA) is 13.1 Å². The fraction of sp³-hybridized carbons (Fsp3) is 0. The Hall–Kier alpha value is -6.96. The standard InChI is InChI=1S/C52H32O/c1-2-10-33(11-3-1)38-24-26-49-47(31-38)48-32-39(25-27-50(48)53-49)37-21-18-35-20-23-41(30-42(35)29-37)52-45-16-8-6-14-43(45)51(44-15-7-9-17-46(44)52)40-22-19-34-12-4-5-13-36(34)28-40/h1-32H/i1D,2D,3D,4D,5D,6D,7D,8D,9D,10D,11D,12D,13D,14D,15D,16D,17D,19D,22D,28D. The Morgan fingerprint density at radius 2 is 0.792 bits per heavy atom. The largest absolute Gasteiger partial charge is 0.456 e. The lowest BCUT2D eigenvalue weighted by molar-refractivity contribution is 0.669. The maximum Gasteiger partial charge on any atom is 0.135 e. The second kappa shape index (κ2) is 11.8. The molecule has 0 spiro atoms. The summed E-state index contributed by atoms with van der Waals surface area (Å²) >= 11 is 0. The average Bonchev–Trinajstić information content (AvgIpc) is 3.75. The number of rotatable bonds is 4. The van der Waals surface area contributed by atoms with E-state index in [1.807, 2.05) is 30.3 Å². The van der Waals surface area contributed by atoms with E-state index in [2.05, 4.69) is 0 Å². The van der Waals surface area contributed by atoms with Gasteiger partial charge in [-0.2, -0.15) is 0 Å². The lowest BCUT2D eigenvalue weighted by Gasteiger charge is -2.18. The SMILES string of the molecule is [2H]c1c([2H])c([2H])c(-c2ccc3oc4ccc(-c5ccc6ccc(-c7c8c([2H])c([2H])c([2H])c([2H])c8c(-c8c([2H])c([2H])c9c([2H])c([2H])c([2H])c([2H])c9c8[2H])c8c([2H])c([2H])c([2H])c([2H])c78)cc6c5)cc4c3c2)c([2H])c1[2H]. The zero-order valence-corrected chi connectivity index (χ0v) is 27.3. The highest BCUT2D eigenvalue weighted by Crippen LogP contribution is 2.45. The molecule has 11 aromatic rings. The van der Waals surface area contributed by atoms with Gasteiger partial charge in [0.1, 0.15) is 11.2 Å². The molecule has 0 aliphatic rings. The van der Waals surface area contributed by atoms with Crippen molar-refractivity contribution >= 4 is 65.0 Å². The zero-order chi connectivity index (χ0) is 52.3. The molecule has 0 N–H and O–H groups in total. The van der Waals surface area contributed by atoms with Gasteiger partial charge in [0.25, 0.3) is 0 Å². The summed E-state index contributed by atoms with van der Waals surface area (Å²) in [5.74, 6) is 0. The van der Waals surface area contributed by atoms with Gasteiger partial charge in [0, 0.05) is 10.8 Å². The van der Waals surface area contributed by atoms with E-state index in [1.54, 1.807) is 42.5 Å². The fourth-order valence-electron chi connectivity index (χ4n) is 7.16. The van der Waals surface area contributed by atoms with Crippen molar-refractivity contribution in [2.75, 3.05) is 0 Å². The Morgan fingerprint density at radius 1 is 0.302 bits per heavy atom. The summed E-state index contributed by atoms with van der Waals surface area (Å²) in [5, 5.41) is 0.591. The molecule has 0 aliphatic carbocycles. The number of hydrogen-bond donors (Lipinski definition) is 0. The molecule has 53 heavy (non-hydrogen) atoms. The van der Waals surface area contributed by atoms with Crippen LogP contribution in [-0.4, -0.2) is 0 Å². The van der Waals surface area contributed by atoms with Crippen LogP contribution in [0.15, 0.2) is 198 Å². The molecule has 246 valence electrons. The van der Waals surface area contributed by atoms with Gasteiger partial charge in [-0.15, -0.1) is 0 Å². The summed E-state index contributed by atoms with van der Waals surface area (Å²) < 4.78 is 183. The predicted octanol–water partition coefficient (Wildman–Crippen LogP) is 14.9. The van der Waals surface area contributed by atoms with E-state index in [0.717, 1.165) is 10.9 Å². The number of benzene rings is 10. The van der Waals surface area contributed by atoms with E-state index in [4.69, 9.17) is 23.6 Å². The maximum absolute atomic E-state index is 9.49. The van der Waals surface area contributed by atoms with Crippen LogP contribution in [0.1, 0.15) is 27.4 Å². The van der Waals surface area contributed by atoms with E-state index in [1.165, 1.54) is 0 Å². The molecule has 0 amide bonds. The van der Waals surface area contributed by atoms with Gasteiger partial charge in [-0.3, -0.25) is 0 Å². The Bertz CT molecular complexity index is 4280. The van der Waals surface area contributed by atoms with Crippen LogP contribution in [0, 0.1) is 0 Å². The van der Waals surface area contributed by atoms with Gasteiger partial charge in [0.2, 0.25) is 0 Å². The molecule has 11 rings (SSSR count). The summed E-state index contributed by atoms with van der Waals surface area (Å²) in [4.78, 5) is 0. The summed E-state index contributed by atoms with van der Waals surface area (Å²) in [6, 6.07) is 8.67. The monoisotopic (exact) mass is 692 g/mol. The van der Waals surface area contributed by atoms with Gasteiger partial charge in [0.15, 0.2) is 0 Å². The number of hydrogen-bond acceptors (Lipinski definition) is 1. The van der Waals surface area contributed by atoms with Crippen molar-refractivity contribution in [3.8, 4) is 44.5 Å². The lowest BCUT2D eigenvalue weighted by Crippen LogP contribution is -1.91. The minimum absolute atomic E-state index is 0.0203. The molecule has 1 heterocycles. The van der Waals surface area contributed by atoms with Crippen molar-refractivity contribution in [3.05, 3.63) is 194 Å². The molecule has 0 fully saturated rings. The predicted molar refractivity (Wildman–Crippen MR) is 225 cm³/mol. The maximum atomic E-state index is 9.49. The Labute approximate surface area is 335 Å². The molecule has 0 saturated carbocycles. The van der Waals surface area contributed by atoms with Crippen LogP contribution < -0.4 is 0 Å². The molecule has 1 heteroatoms. The van der Waals surface area contributed by atoms with Crippen LogP contribution in [-0.2, 0) is 0 Å². The Kier molecular flexibility index (Phi) is 3.60. The third kappa shape index (κ3) is 4.86. The Balaban J connectivity index is 1.18.